The summed E-state index contributed by atoms with van der Waals surface area (Å²) in [7, 11) is 0. The Labute approximate surface area is 148 Å². The van der Waals surface area contributed by atoms with Crippen LogP contribution in [0, 0.1) is 0 Å². The number of hydrogen-bond donors (Lipinski definition) is 7. The lowest BCUT2D eigenvalue weighted by Crippen LogP contribution is -2.57. The van der Waals surface area contributed by atoms with E-state index in [0.29, 0.717) is 0 Å². The molecule has 0 aromatic carbocycles. The topological polar surface area (TPSA) is 211 Å². The Morgan fingerprint density at radius 3 is 1.92 bits per heavy atom. The molecule has 1 unspecified atom stereocenters. The van der Waals surface area contributed by atoms with E-state index in [0.717, 1.165) is 13.8 Å². The number of aliphatic hydroxyl groups is 5. The molecule has 0 saturated carbocycles. The first-order valence-electron chi connectivity index (χ1n) is 7.48. The fourth-order valence-corrected chi connectivity index (χ4v) is 1.87. The highest BCUT2D eigenvalue weighted by atomic mass is 16.6. The first-order chi connectivity index (χ1) is 11.9. The number of aliphatic carboxylic acids is 1. The van der Waals surface area contributed by atoms with E-state index in [9.17, 15) is 39.6 Å². The summed E-state index contributed by atoms with van der Waals surface area (Å²) in [6.45, 7) is 1.28. The summed E-state index contributed by atoms with van der Waals surface area (Å²) in [6.07, 6.45) is -10.3. The molecule has 0 saturated heterocycles. The lowest BCUT2D eigenvalue weighted by atomic mass is 9.94. The van der Waals surface area contributed by atoms with E-state index in [1.165, 1.54) is 0 Å². The lowest BCUT2D eigenvalue weighted by molar-refractivity contribution is -0.161. The normalized spacial score (nSPS) is 18.0. The predicted molar refractivity (Wildman–Crippen MR) is 81.5 cm³/mol. The number of carboxylic acids is 1. The number of amides is 1. The summed E-state index contributed by atoms with van der Waals surface area (Å²) >= 11 is 0. The Kier molecular flexibility index (Phi) is 9.90. The van der Waals surface area contributed by atoms with Crippen LogP contribution >= 0.6 is 0 Å². The molecule has 0 bridgehead atoms. The number of carbonyl (C=O) groups is 4. The van der Waals surface area contributed by atoms with Crippen LogP contribution in [0.3, 0.4) is 0 Å². The molecule has 0 aliphatic heterocycles. The number of ketones is 1. The van der Waals surface area contributed by atoms with Crippen LogP contribution in [0.15, 0.2) is 0 Å². The maximum atomic E-state index is 11.2. The van der Waals surface area contributed by atoms with Crippen LogP contribution in [0.5, 0.6) is 0 Å². The van der Waals surface area contributed by atoms with E-state index in [1.807, 2.05) is 5.32 Å². The van der Waals surface area contributed by atoms with Gasteiger partial charge in [0.25, 0.3) is 0 Å². The number of nitrogens with one attached hydrogen (secondary N) is 1. The van der Waals surface area contributed by atoms with Gasteiger partial charge in [-0.2, -0.15) is 0 Å². The lowest BCUT2D eigenvalue weighted by Gasteiger charge is -2.32. The zero-order valence-electron chi connectivity index (χ0n) is 14.1. The summed E-state index contributed by atoms with van der Waals surface area (Å²) in [5.74, 6) is -5.12. The minimum absolute atomic E-state index is 0.780. The molecule has 0 radical (unpaired) electrons. The quantitative estimate of drug-likeness (QED) is 0.135. The maximum Gasteiger partial charge on any atom is 0.372 e. The third kappa shape index (κ3) is 7.84. The molecular weight excluding hydrogens is 358 g/mol. The van der Waals surface area contributed by atoms with Crippen molar-refractivity contribution in [2.24, 2.45) is 0 Å². The average molecular weight is 381 g/mol. The molecule has 12 heteroatoms. The number of rotatable bonds is 11. The Morgan fingerprint density at radius 1 is 0.962 bits per heavy atom. The van der Waals surface area contributed by atoms with Crippen molar-refractivity contribution in [2.45, 2.75) is 56.8 Å². The zero-order chi connectivity index (χ0) is 20.6. The smallest absolute Gasteiger partial charge is 0.372 e. The van der Waals surface area contributed by atoms with Crippen molar-refractivity contribution in [3.63, 3.8) is 0 Å². The van der Waals surface area contributed by atoms with Crippen molar-refractivity contribution < 1.29 is 54.6 Å². The molecule has 0 spiro atoms. The highest BCUT2D eigenvalue weighted by Crippen LogP contribution is 2.12. The molecule has 0 aliphatic rings. The van der Waals surface area contributed by atoms with Crippen LogP contribution in [0.25, 0.3) is 0 Å². The fourth-order valence-electron chi connectivity index (χ4n) is 1.87. The second-order valence-electron chi connectivity index (χ2n) is 5.58. The molecule has 6 atom stereocenters. The van der Waals surface area contributed by atoms with Gasteiger partial charge in [-0.3, -0.25) is 9.59 Å². The monoisotopic (exact) mass is 381 g/mol. The molecule has 12 nitrogen and oxygen atoms in total. The summed E-state index contributed by atoms with van der Waals surface area (Å²) in [6, 6.07) is -1.70. The van der Waals surface area contributed by atoms with E-state index in [2.05, 4.69) is 4.74 Å². The van der Waals surface area contributed by atoms with Gasteiger partial charge in [0.2, 0.25) is 11.7 Å². The number of ether oxygens (including phenoxy) is 1. The number of esters is 1. The number of aliphatic hydroxyl groups excluding tert-OH is 5. The van der Waals surface area contributed by atoms with E-state index in [4.69, 9.17) is 10.2 Å². The molecule has 0 aliphatic carbocycles. The van der Waals surface area contributed by atoms with E-state index >= 15 is 0 Å². The van der Waals surface area contributed by atoms with Crippen LogP contribution < -0.4 is 5.32 Å². The van der Waals surface area contributed by atoms with E-state index < -0.39 is 73.2 Å². The Bertz CT molecular complexity index is 521. The van der Waals surface area contributed by atoms with E-state index in [-0.39, 0.29) is 0 Å². The maximum absolute atomic E-state index is 11.2. The van der Waals surface area contributed by atoms with E-state index in [1.54, 1.807) is 0 Å². The number of hydrogen-bond acceptors (Lipinski definition) is 10. The SMILES string of the molecule is CC(=O)N[C@@H]([C@@H](O)[C@H](O)[C@H](O)COC(=O)C(C)O)[C@@H](O)CC(=O)C(=O)O. The van der Waals surface area contributed by atoms with Gasteiger partial charge in [-0.05, 0) is 6.92 Å². The highest BCUT2D eigenvalue weighted by Gasteiger charge is 2.38. The van der Waals surface area contributed by atoms with Gasteiger partial charge >= 0.3 is 11.9 Å². The third-order valence-corrected chi connectivity index (χ3v) is 3.27. The molecule has 7 N–H and O–H groups in total. The standard InChI is InChI=1S/C14H23NO11/c1-5(16)14(25)26-4-9(20)11(21)12(22)10(15-6(2)17)7(18)3-8(19)13(23)24/h5,7,9-12,16,18,20-22H,3-4H2,1-2H3,(H,15,17)(H,23,24)/t5?,7-,9+,10+,11+,12+/m0/s1. The Balaban J connectivity index is 5.05. The fraction of sp³-hybridized carbons (Fsp3) is 0.714. The third-order valence-electron chi connectivity index (χ3n) is 3.27. The summed E-state index contributed by atoms with van der Waals surface area (Å²) in [5.41, 5.74) is 0. The predicted octanol–water partition coefficient (Wildman–Crippen LogP) is -4.10. The van der Waals surface area contributed by atoms with Crippen molar-refractivity contribution >= 4 is 23.6 Å². The minimum Gasteiger partial charge on any atom is -0.475 e. The Morgan fingerprint density at radius 2 is 1.50 bits per heavy atom. The highest BCUT2D eigenvalue weighted by molar-refractivity contribution is 6.32. The van der Waals surface area contributed by atoms with Crippen LogP contribution in [-0.4, -0.2) is 97.4 Å². The number of Topliss-reactive ketones (excluding diaryl/α,β-unsaturated/α-hetero) is 1. The molecule has 0 rings (SSSR count). The minimum atomic E-state index is -2.05. The van der Waals surface area contributed by atoms with Crippen molar-refractivity contribution in [2.75, 3.05) is 6.61 Å². The molecule has 0 aromatic heterocycles. The van der Waals surface area contributed by atoms with Crippen LogP contribution in [0.4, 0.5) is 0 Å². The van der Waals surface area contributed by atoms with Gasteiger partial charge in [0.15, 0.2) is 0 Å². The van der Waals surface area contributed by atoms with Crippen LogP contribution in [0.1, 0.15) is 20.3 Å². The number of carbonyl (C=O) groups excluding carboxylic acids is 3. The van der Waals surface area contributed by atoms with Gasteiger partial charge in [0.05, 0.1) is 12.1 Å². The van der Waals surface area contributed by atoms with Gasteiger partial charge in [0.1, 0.15) is 31.0 Å². The van der Waals surface area contributed by atoms with Gasteiger partial charge < -0.3 is 40.7 Å². The van der Waals surface area contributed by atoms with Crippen molar-refractivity contribution in [3.05, 3.63) is 0 Å². The Hall–Kier alpha value is -2.12. The molecule has 26 heavy (non-hydrogen) atoms. The van der Waals surface area contributed by atoms with Crippen molar-refractivity contribution in [1.82, 2.24) is 5.32 Å². The zero-order valence-corrected chi connectivity index (χ0v) is 14.1. The van der Waals surface area contributed by atoms with Crippen molar-refractivity contribution in [1.29, 1.82) is 0 Å². The van der Waals surface area contributed by atoms with Crippen LogP contribution in [0.2, 0.25) is 0 Å². The average Bonchev–Trinajstić information content (AvgIpc) is 2.55. The first kappa shape index (κ1) is 23.9. The van der Waals surface area contributed by atoms with Crippen molar-refractivity contribution in [3.8, 4) is 0 Å². The molecule has 0 fully saturated rings. The molecule has 0 heterocycles. The molecule has 150 valence electrons. The van der Waals surface area contributed by atoms with Crippen LogP contribution in [-0.2, 0) is 23.9 Å². The number of carboxylic acid groups (broad SMARTS) is 1. The molecular formula is C14H23NO11. The van der Waals surface area contributed by atoms with Gasteiger partial charge in [-0.15, -0.1) is 0 Å². The molecule has 0 aromatic rings. The first-order valence-corrected chi connectivity index (χ1v) is 7.48. The summed E-state index contributed by atoms with van der Waals surface area (Å²) in [5, 5.41) is 59.1. The molecule has 1 amide bonds. The summed E-state index contributed by atoms with van der Waals surface area (Å²) in [4.78, 5) is 44.0. The largest absolute Gasteiger partial charge is 0.475 e. The van der Waals surface area contributed by atoms with Gasteiger partial charge in [-0.25, -0.2) is 9.59 Å². The second-order valence-corrected chi connectivity index (χ2v) is 5.58. The summed E-state index contributed by atoms with van der Waals surface area (Å²) < 4.78 is 4.46. The van der Waals surface area contributed by atoms with Gasteiger partial charge in [-0.1, -0.05) is 0 Å². The second kappa shape index (κ2) is 10.8. The van der Waals surface area contributed by atoms with Gasteiger partial charge in [0, 0.05) is 13.3 Å².